The average molecular weight is 281 g/mol. The lowest BCUT2D eigenvalue weighted by atomic mass is 10.4. The molecule has 0 amide bonds. The Labute approximate surface area is 121 Å². The summed E-state index contributed by atoms with van der Waals surface area (Å²) in [5, 5.41) is 3.24. The number of hydrogen-bond acceptors (Lipinski definition) is 6. The van der Waals surface area contributed by atoms with Crippen LogP contribution in [0.15, 0.2) is 25.0 Å². The maximum absolute atomic E-state index is 4.44. The van der Waals surface area contributed by atoms with Crippen LogP contribution in [-0.2, 0) is 6.54 Å². The first-order valence-electron chi connectivity index (χ1n) is 7.00. The van der Waals surface area contributed by atoms with Crippen LogP contribution < -0.4 is 5.32 Å². The predicted molar refractivity (Wildman–Crippen MR) is 77.7 cm³/mol. The molecule has 3 aromatic rings. The average Bonchev–Trinajstić information content (AvgIpc) is 3.26. The van der Waals surface area contributed by atoms with E-state index in [4.69, 9.17) is 0 Å². The number of aromatic nitrogens is 6. The Morgan fingerprint density at radius 2 is 1.95 bits per heavy atom. The standard InChI is InChI=1S/C14H15N7/c1-9-4-15-11(16-5-9)6-17-13-12-14(19-7-18-13)21(8-20-12)10-2-3-10/h4-5,7-8,10H,2-3,6H2,1H3,(H,17,18,19). The first-order chi connectivity index (χ1) is 10.3. The Kier molecular flexibility index (Phi) is 2.77. The van der Waals surface area contributed by atoms with Crippen LogP contribution in [-0.4, -0.2) is 29.5 Å². The van der Waals surface area contributed by atoms with Crippen molar-refractivity contribution in [2.75, 3.05) is 5.32 Å². The molecule has 3 heterocycles. The van der Waals surface area contributed by atoms with Gasteiger partial charge in [0.25, 0.3) is 0 Å². The molecular formula is C14H15N7. The van der Waals surface area contributed by atoms with Gasteiger partial charge in [-0.2, -0.15) is 0 Å². The molecule has 1 fully saturated rings. The van der Waals surface area contributed by atoms with Gasteiger partial charge in [-0.1, -0.05) is 0 Å². The van der Waals surface area contributed by atoms with E-state index in [-0.39, 0.29) is 0 Å². The van der Waals surface area contributed by atoms with Gasteiger partial charge in [-0.3, -0.25) is 0 Å². The summed E-state index contributed by atoms with van der Waals surface area (Å²) in [5.74, 6) is 1.46. The van der Waals surface area contributed by atoms with Crippen LogP contribution in [0.25, 0.3) is 11.2 Å². The second-order valence-electron chi connectivity index (χ2n) is 5.31. The molecule has 7 nitrogen and oxygen atoms in total. The lowest BCUT2D eigenvalue weighted by Crippen LogP contribution is -2.06. The molecule has 0 atom stereocenters. The molecule has 1 saturated carbocycles. The number of imidazole rings is 1. The van der Waals surface area contributed by atoms with Crippen LogP contribution in [0.5, 0.6) is 0 Å². The molecular weight excluding hydrogens is 266 g/mol. The van der Waals surface area contributed by atoms with E-state index in [1.54, 1.807) is 18.7 Å². The quantitative estimate of drug-likeness (QED) is 0.786. The molecule has 1 aliphatic carbocycles. The van der Waals surface area contributed by atoms with Gasteiger partial charge in [0.15, 0.2) is 11.5 Å². The molecule has 0 aliphatic heterocycles. The van der Waals surface area contributed by atoms with Crippen molar-refractivity contribution in [1.29, 1.82) is 0 Å². The van der Waals surface area contributed by atoms with Gasteiger partial charge in [0.1, 0.15) is 17.7 Å². The molecule has 0 bridgehead atoms. The Hall–Kier alpha value is -2.57. The molecule has 4 rings (SSSR count). The molecule has 0 aromatic carbocycles. The predicted octanol–water partition coefficient (Wildman–Crippen LogP) is 1.87. The third kappa shape index (κ3) is 2.31. The number of rotatable bonds is 4. The third-order valence-electron chi connectivity index (χ3n) is 3.55. The minimum Gasteiger partial charge on any atom is -0.361 e. The molecule has 106 valence electrons. The summed E-state index contributed by atoms with van der Waals surface area (Å²) in [7, 11) is 0. The summed E-state index contributed by atoms with van der Waals surface area (Å²) in [4.78, 5) is 21.6. The largest absolute Gasteiger partial charge is 0.361 e. The topological polar surface area (TPSA) is 81.4 Å². The second-order valence-corrected chi connectivity index (χ2v) is 5.31. The van der Waals surface area contributed by atoms with Crippen molar-refractivity contribution in [3.63, 3.8) is 0 Å². The van der Waals surface area contributed by atoms with E-state index >= 15 is 0 Å². The zero-order valence-electron chi connectivity index (χ0n) is 11.7. The smallest absolute Gasteiger partial charge is 0.165 e. The van der Waals surface area contributed by atoms with Crippen LogP contribution >= 0.6 is 0 Å². The summed E-state index contributed by atoms with van der Waals surface area (Å²) in [6.45, 7) is 2.48. The van der Waals surface area contributed by atoms with Crippen LogP contribution in [0.1, 0.15) is 30.3 Å². The number of hydrogen-bond donors (Lipinski definition) is 1. The fourth-order valence-corrected chi connectivity index (χ4v) is 2.27. The molecule has 21 heavy (non-hydrogen) atoms. The number of anilines is 1. The van der Waals surface area contributed by atoms with Crippen LogP contribution in [0, 0.1) is 6.92 Å². The van der Waals surface area contributed by atoms with Crippen molar-refractivity contribution in [2.24, 2.45) is 0 Å². The van der Waals surface area contributed by atoms with Gasteiger partial charge in [-0.25, -0.2) is 24.9 Å². The number of aryl methyl sites for hydroxylation is 1. The van der Waals surface area contributed by atoms with Gasteiger partial charge in [0.05, 0.1) is 12.9 Å². The molecule has 3 aromatic heterocycles. The van der Waals surface area contributed by atoms with Gasteiger partial charge >= 0.3 is 0 Å². The van der Waals surface area contributed by atoms with E-state index in [0.717, 1.165) is 28.4 Å². The van der Waals surface area contributed by atoms with Gasteiger partial charge in [0, 0.05) is 18.4 Å². The fourth-order valence-electron chi connectivity index (χ4n) is 2.27. The van der Waals surface area contributed by atoms with Crippen molar-refractivity contribution in [3.05, 3.63) is 36.4 Å². The number of fused-ring (bicyclic) bond motifs is 1. The molecule has 0 saturated heterocycles. The monoisotopic (exact) mass is 281 g/mol. The highest BCUT2D eigenvalue weighted by molar-refractivity contribution is 5.82. The van der Waals surface area contributed by atoms with Crippen LogP contribution in [0.2, 0.25) is 0 Å². The molecule has 0 unspecified atom stereocenters. The number of nitrogens with zero attached hydrogens (tertiary/aromatic N) is 6. The summed E-state index contributed by atoms with van der Waals surface area (Å²) in [6, 6.07) is 0.554. The SMILES string of the molecule is Cc1cnc(CNc2ncnc3c2ncn3C2CC2)nc1. The Morgan fingerprint density at radius 3 is 2.71 bits per heavy atom. The highest BCUT2D eigenvalue weighted by Gasteiger charge is 2.26. The van der Waals surface area contributed by atoms with Crippen molar-refractivity contribution >= 4 is 17.0 Å². The fraction of sp³-hybridized carbons (Fsp3) is 0.357. The summed E-state index contributed by atoms with van der Waals surface area (Å²) in [6.07, 6.45) is 9.44. The normalized spacial score (nSPS) is 14.5. The van der Waals surface area contributed by atoms with Gasteiger partial charge in [-0.05, 0) is 25.3 Å². The molecule has 1 N–H and O–H groups in total. The van der Waals surface area contributed by atoms with Crippen molar-refractivity contribution in [3.8, 4) is 0 Å². The number of nitrogens with one attached hydrogen (secondary N) is 1. The second kappa shape index (κ2) is 4.76. The highest BCUT2D eigenvalue weighted by Crippen LogP contribution is 2.37. The van der Waals surface area contributed by atoms with Crippen molar-refractivity contribution < 1.29 is 0 Å². The molecule has 1 aliphatic rings. The lowest BCUT2D eigenvalue weighted by Gasteiger charge is -2.05. The third-order valence-corrected chi connectivity index (χ3v) is 3.55. The van der Waals surface area contributed by atoms with Gasteiger partial charge in [-0.15, -0.1) is 0 Å². The van der Waals surface area contributed by atoms with E-state index in [2.05, 4.69) is 34.8 Å². The van der Waals surface area contributed by atoms with Crippen LogP contribution in [0.3, 0.4) is 0 Å². The Bertz CT molecular complexity index is 774. The zero-order chi connectivity index (χ0) is 14.2. The first-order valence-corrected chi connectivity index (χ1v) is 7.00. The maximum atomic E-state index is 4.44. The van der Waals surface area contributed by atoms with E-state index in [1.807, 2.05) is 13.3 Å². The van der Waals surface area contributed by atoms with Crippen LogP contribution in [0.4, 0.5) is 5.82 Å². The molecule has 0 spiro atoms. The first kappa shape index (κ1) is 12.2. The molecule has 7 heteroatoms. The van der Waals surface area contributed by atoms with Gasteiger partial charge < -0.3 is 9.88 Å². The minimum absolute atomic E-state index is 0.517. The maximum Gasteiger partial charge on any atom is 0.165 e. The van der Waals surface area contributed by atoms with E-state index in [9.17, 15) is 0 Å². The minimum atomic E-state index is 0.517. The highest BCUT2D eigenvalue weighted by atomic mass is 15.2. The Balaban J connectivity index is 1.60. The summed E-state index contributed by atoms with van der Waals surface area (Å²) in [5.41, 5.74) is 2.74. The summed E-state index contributed by atoms with van der Waals surface area (Å²) >= 11 is 0. The van der Waals surface area contributed by atoms with Crippen molar-refractivity contribution in [2.45, 2.75) is 32.4 Å². The van der Waals surface area contributed by atoms with Gasteiger partial charge in [0.2, 0.25) is 0 Å². The Morgan fingerprint density at radius 1 is 1.14 bits per heavy atom. The van der Waals surface area contributed by atoms with E-state index < -0.39 is 0 Å². The summed E-state index contributed by atoms with van der Waals surface area (Å²) < 4.78 is 2.13. The lowest BCUT2D eigenvalue weighted by molar-refractivity contribution is 0.756. The van der Waals surface area contributed by atoms with E-state index in [1.165, 1.54) is 12.8 Å². The zero-order valence-corrected chi connectivity index (χ0v) is 11.7. The molecule has 0 radical (unpaired) electrons. The van der Waals surface area contributed by atoms with E-state index in [0.29, 0.717) is 12.6 Å². The van der Waals surface area contributed by atoms with Crippen molar-refractivity contribution in [1.82, 2.24) is 29.5 Å².